The zero-order valence-corrected chi connectivity index (χ0v) is 12.5. The van der Waals surface area contributed by atoms with E-state index in [9.17, 15) is 4.79 Å². The molecule has 112 valence electrons. The number of thiophene rings is 1. The summed E-state index contributed by atoms with van der Waals surface area (Å²) in [7, 11) is 0. The summed E-state index contributed by atoms with van der Waals surface area (Å²) in [6, 6.07) is 6.05. The lowest BCUT2D eigenvalue weighted by Crippen LogP contribution is -2.25. The van der Waals surface area contributed by atoms with Crippen LogP contribution in [0.3, 0.4) is 0 Å². The molecular weight excluding hydrogens is 300 g/mol. The molecule has 3 aromatic heterocycles. The van der Waals surface area contributed by atoms with Crippen molar-refractivity contribution in [2.75, 3.05) is 4.90 Å². The van der Waals surface area contributed by atoms with Crippen LogP contribution in [0.25, 0.3) is 5.65 Å². The van der Waals surface area contributed by atoms with E-state index in [1.54, 1.807) is 17.5 Å². The van der Waals surface area contributed by atoms with Crippen molar-refractivity contribution in [3.8, 4) is 0 Å². The summed E-state index contributed by atoms with van der Waals surface area (Å²) in [4.78, 5) is 17.9. The average Bonchev–Trinajstić information content (AvgIpc) is 3.05. The van der Waals surface area contributed by atoms with Gasteiger partial charge in [-0.25, -0.2) is 14.3 Å². The Labute approximate surface area is 130 Å². The third-order valence-corrected chi connectivity index (χ3v) is 4.48. The predicted molar refractivity (Wildman–Crippen MR) is 83.5 cm³/mol. The second-order valence-corrected chi connectivity index (χ2v) is 6.19. The molecule has 1 saturated carbocycles. The zero-order valence-electron chi connectivity index (χ0n) is 11.7. The first-order valence-electron chi connectivity index (χ1n) is 7.08. The van der Waals surface area contributed by atoms with Crippen LogP contribution in [0.2, 0.25) is 0 Å². The Balaban J connectivity index is 1.69. The van der Waals surface area contributed by atoms with Crippen LogP contribution in [0.5, 0.6) is 0 Å². The van der Waals surface area contributed by atoms with Gasteiger partial charge < -0.3 is 10.0 Å². The number of aromatic nitrogens is 3. The molecule has 1 aliphatic rings. The second-order valence-electron chi connectivity index (χ2n) is 5.41. The van der Waals surface area contributed by atoms with Gasteiger partial charge in [-0.3, -0.25) is 0 Å². The molecule has 0 amide bonds. The summed E-state index contributed by atoms with van der Waals surface area (Å²) in [5.74, 6) is -0.164. The fraction of sp³-hybridized carbons (Fsp3) is 0.267. The number of carboxylic acid groups (broad SMARTS) is 1. The topological polar surface area (TPSA) is 70.7 Å². The molecule has 22 heavy (non-hydrogen) atoms. The Morgan fingerprint density at radius 1 is 1.45 bits per heavy atom. The molecule has 0 aromatic carbocycles. The highest BCUT2D eigenvalue weighted by Crippen LogP contribution is 2.32. The van der Waals surface area contributed by atoms with E-state index in [1.165, 1.54) is 29.0 Å². The smallest absolute Gasteiger partial charge is 0.356 e. The number of aromatic carboxylic acids is 1. The number of hydrogen-bond acceptors (Lipinski definition) is 5. The van der Waals surface area contributed by atoms with E-state index in [1.807, 2.05) is 6.07 Å². The molecule has 0 unspecified atom stereocenters. The highest BCUT2D eigenvalue weighted by atomic mass is 32.1. The average molecular weight is 314 g/mol. The minimum atomic E-state index is -1.04. The number of carbonyl (C=O) groups is 1. The maximum Gasteiger partial charge on any atom is 0.356 e. The van der Waals surface area contributed by atoms with Gasteiger partial charge in [0.1, 0.15) is 5.82 Å². The van der Waals surface area contributed by atoms with E-state index >= 15 is 0 Å². The third kappa shape index (κ3) is 2.43. The van der Waals surface area contributed by atoms with E-state index in [0.29, 0.717) is 11.7 Å². The van der Waals surface area contributed by atoms with Crippen LogP contribution in [0.1, 0.15) is 28.9 Å². The van der Waals surface area contributed by atoms with Crippen LogP contribution >= 0.6 is 11.3 Å². The SMILES string of the molecule is O=C(O)c1cc2nc(N(Cc3ccsc3)C3CC3)ccn2n1. The van der Waals surface area contributed by atoms with E-state index < -0.39 is 5.97 Å². The van der Waals surface area contributed by atoms with Crippen molar-refractivity contribution in [1.82, 2.24) is 14.6 Å². The van der Waals surface area contributed by atoms with Crippen LogP contribution in [-0.4, -0.2) is 31.7 Å². The lowest BCUT2D eigenvalue weighted by Gasteiger charge is -2.23. The largest absolute Gasteiger partial charge is 0.476 e. The summed E-state index contributed by atoms with van der Waals surface area (Å²) in [6.45, 7) is 0.831. The van der Waals surface area contributed by atoms with E-state index in [2.05, 4.69) is 31.8 Å². The molecule has 0 spiro atoms. The predicted octanol–water partition coefficient (Wildman–Crippen LogP) is 2.66. The molecule has 3 aromatic rings. The summed E-state index contributed by atoms with van der Waals surface area (Å²) in [6.07, 6.45) is 4.13. The molecule has 0 atom stereocenters. The van der Waals surface area contributed by atoms with Gasteiger partial charge in [0.25, 0.3) is 0 Å². The molecule has 0 radical (unpaired) electrons. The van der Waals surface area contributed by atoms with Crippen molar-refractivity contribution in [3.05, 3.63) is 46.4 Å². The number of fused-ring (bicyclic) bond motifs is 1. The third-order valence-electron chi connectivity index (χ3n) is 3.74. The Morgan fingerprint density at radius 3 is 3.00 bits per heavy atom. The van der Waals surface area contributed by atoms with Crippen molar-refractivity contribution in [2.24, 2.45) is 0 Å². The Kier molecular flexibility index (Phi) is 3.07. The minimum Gasteiger partial charge on any atom is -0.476 e. The molecule has 0 saturated heterocycles. The van der Waals surface area contributed by atoms with Crippen LogP contribution in [0, 0.1) is 0 Å². The molecule has 1 fully saturated rings. The minimum absolute atomic E-state index is 0.0143. The summed E-state index contributed by atoms with van der Waals surface area (Å²) < 4.78 is 1.50. The van der Waals surface area contributed by atoms with Gasteiger partial charge in [-0.15, -0.1) is 0 Å². The maximum atomic E-state index is 11.0. The molecule has 1 aliphatic carbocycles. The summed E-state index contributed by atoms with van der Waals surface area (Å²) in [5, 5.41) is 17.2. The van der Waals surface area contributed by atoms with Gasteiger partial charge in [0.05, 0.1) is 0 Å². The Hall–Kier alpha value is -2.41. The highest BCUT2D eigenvalue weighted by molar-refractivity contribution is 7.07. The molecule has 6 nitrogen and oxygen atoms in total. The van der Waals surface area contributed by atoms with E-state index in [4.69, 9.17) is 5.11 Å². The van der Waals surface area contributed by atoms with Gasteiger partial charge in [-0.1, -0.05) is 0 Å². The maximum absolute atomic E-state index is 11.0. The molecule has 7 heteroatoms. The van der Waals surface area contributed by atoms with Crippen molar-refractivity contribution < 1.29 is 9.90 Å². The van der Waals surface area contributed by atoms with Crippen LogP contribution < -0.4 is 4.90 Å². The molecular formula is C15H14N4O2S. The molecule has 3 heterocycles. The summed E-state index contributed by atoms with van der Waals surface area (Å²) in [5.41, 5.74) is 1.85. The first-order chi connectivity index (χ1) is 10.7. The number of hydrogen-bond donors (Lipinski definition) is 1. The molecule has 4 rings (SSSR count). The van der Waals surface area contributed by atoms with Crippen molar-refractivity contribution in [1.29, 1.82) is 0 Å². The molecule has 0 bridgehead atoms. The quantitative estimate of drug-likeness (QED) is 0.784. The lowest BCUT2D eigenvalue weighted by atomic mass is 10.3. The number of rotatable bonds is 5. The van der Waals surface area contributed by atoms with Gasteiger partial charge in [0, 0.05) is 24.8 Å². The molecule has 0 aliphatic heterocycles. The van der Waals surface area contributed by atoms with E-state index in [0.717, 1.165) is 12.4 Å². The fourth-order valence-electron chi connectivity index (χ4n) is 2.50. The highest BCUT2D eigenvalue weighted by Gasteiger charge is 2.30. The lowest BCUT2D eigenvalue weighted by molar-refractivity contribution is 0.0690. The van der Waals surface area contributed by atoms with Crippen LogP contribution in [-0.2, 0) is 6.54 Å². The normalized spacial score (nSPS) is 14.4. The van der Waals surface area contributed by atoms with E-state index in [-0.39, 0.29) is 5.69 Å². The number of anilines is 1. The first kappa shape index (κ1) is 13.3. The van der Waals surface area contributed by atoms with Gasteiger partial charge in [0.2, 0.25) is 0 Å². The zero-order chi connectivity index (χ0) is 15.1. The first-order valence-corrected chi connectivity index (χ1v) is 8.02. The van der Waals surface area contributed by atoms with Crippen LogP contribution in [0.4, 0.5) is 5.82 Å². The van der Waals surface area contributed by atoms with Gasteiger partial charge in [0.15, 0.2) is 11.3 Å². The van der Waals surface area contributed by atoms with Crippen LogP contribution in [0.15, 0.2) is 35.2 Å². The Bertz CT molecular complexity index is 823. The van der Waals surface area contributed by atoms with Gasteiger partial charge in [-0.2, -0.15) is 16.4 Å². The molecule has 1 N–H and O–H groups in total. The number of carboxylic acids is 1. The van der Waals surface area contributed by atoms with Crippen molar-refractivity contribution in [2.45, 2.75) is 25.4 Å². The summed E-state index contributed by atoms with van der Waals surface area (Å²) >= 11 is 1.69. The second kappa shape index (κ2) is 5.10. The monoisotopic (exact) mass is 314 g/mol. The van der Waals surface area contributed by atoms with Gasteiger partial charge in [-0.05, 0) is 41.3 Å². The fourth-order valence-corrected chi connectivity index (χ4v) is 3.16. The van der Waals surface area contributed by atoms with Crippen molar-refractivity contribution in [3.63, 3.8) is 0 Å². The standard InChI is InChI=1S/C15H14N4O2S/c20-15(21)12-7-14-16-13(3-5-19(14)17-12)18(11-1-2-11)8-10-4-6-22-9-10/h3-7,9,11H,1-2,8H2,(H,20,21). The number of nitrogens with zero attached hydrogens (tertiary/aromatic N) is 4. The van der Waals surface area contributed by atoms with Crippen molar-refractivity contribution >= 4 is 28.8 Å². The Morgan fingerprint density at radius 2 is 2.32 bits per heavy atom. The van der Waals surface area contributed by atoms with Gasteiger partial charge >= 0.3 is 5.97 Å².